The molecule has 0 N–H and O–H groups in total. The molecule has 0 bridgehead atoms. The van der Waals surface area contributed by atoms with Gasteiger partial charge in [-0.2, -0.15) is 5.10 Å². The van der Waals surface area contributed by atoms with Gasteiger partial charge in [0.1, 0.15) is 0 Å². The maximum Gasteiger partial charge on any atom is 0.257 e. The van der Waals surface area contributed by atoms with Gasteiger partial charge in [0.15, 0.2) is 0 Å². The molecule has 1 amide bonds. The largest absolute Gasteiger partial charge is 0.337 e. The van der Waals surface area contributed by atoms with Gasteiger partial charge in [0.25, 0.3) is 5.91 Å². The van der Waals surface area contributed by atoms with Crippen LogP contribution in [0.5, 0.6) is 0 Å². The number of benzene rings is 2. The Hall–Kier alpha value is -2.59. The highest BCUT2D eigenvalue weighted by molar-refractivity contribution is 6.30. The third-order valence-electron chi connectivity index (χ3n) is 3.53. The van der Waals surface area contributed by atoms with Crippen LogP contribution in [0.25, 0.3) is 5.69 Å². The molecular formula is C18H16ClN3O. The zero-order valence-electron chi connectivity index (χ0n) is 12.7. The van der Waals surface area contributed by atoms with Crippen molar-refractivity contribution in [1.29, 1.82) is 0 Å². The Balaban J connectivity index is 1.72. The topological polar surface area (TPSA) is 38.1 Å². The second kappa shape index (κ2) is 6.67. The van der Waals surface area contributed by atoms with Gasteiger partial charge in [-0.3, -0.25) is 4.79 Å². The van der Waals surface area contributed by atoms with E-state index in [1.165, 1.54) is 0 Å². The Bertz CT molecular complexity index is 797. The molecule has 0 saturated carbocycles. The van der Waals surface area contributed by atoms with Crippen molar-refractivity contribution in [2.45, 2.75) is 6.54 Å². The molecule has 0 aliphatic carbocycles. The normalized spacial score (nSPS) is 10.5. The van der Waals surface area contributed by atoms with Crippen LogP contribution in [0.3, 0.4) is 0 Å². The van der Waals surface area contributed by atoms with Crippen molar-refractivity contribution in [2.24, 2.45) is 0 Å². The Morgan fingerprint density at radius 1 is 1.13 bits per heavy atom. The van der Waals surface area contributed by atoms with Crippen LogP contribution in [-0.4, -0.2) is 27.6 Å². The van der Waals surface area contributed by atoms with E-state index in [9.17, 15) is 4.79 Å². The number of carbonyl (C=O) groups excluding carboxylic acids is 1. The predicted molar refractivity (Wildman–Crippen MR) is 90.8 cm³/mol. The summed E-state index contributed by atoms with van der Waals surface area (Å²) in [4.78, 5) is 14.2. The van der Waals surface area contributed by atoms with E-state index >= 15 is 0 Å². The van der Waals surface area contributed by atoms with Crippen molar-refractivity contribution in [3.05, 3.63) is 83.1 Å². The molecule has 3 aromatic rings. The second-order valence-electron chi connectivity index (χ2n) is 5.30. The average molecular weight is 326 g/mol. The fourth-order valence-electron chi connectivity index (χ4n) is 2.31. The molecule has 1 aromatic heterocycles. The summed E-state index contributed by atoms with van der Waals surface area (Å²) >= 11 is 5.88. The minimum Gasteiger partial charge on any atom is -0.337 e. The van der Waals surface area contributed by atoms with Gasteiger partial charge in [-0.15, -0.1) is 0 Å². The van der Waals surface area contributed by atoms with Crippen molar-refractivity contribution in [3.63, 3.8) is 0 Å². The quantitative estimate of drug-likeness (QED) is 0.732. The molecule has 116 valence electrons. The highest BCUT2D eigenvalue weighted by atomic mass is 35.5. The summed E-state index contributed by atoms with van der Waals surface area (Å²) in [5.41, 5.74) is 2.51. The molecule has 0 unspecified atom stereocenters. The molecule has 1 heterocycles. The standard InChI is InChI=1S/C18H16ClN3O/c1-21(12-14-7-9-16(19)10-8-14)18(23)15-11-20-22(13-15)17-5-3-2-4-6-17/h2-11,13H,12H2,1H3. The summed E-state index contributed by atoms with van der Waals surface area (Å²) < 4.78 is 1.70. The second-order valence-corrected chi connectivity index (χ2v) is 5.73. The summed E-state index contributed by atoms with van der Waals surface area (Å²) in [6.07, 6.45) is 3.34. The number of nitrogens with zero attached hydrogens (tertiary/aromatic N) is 3. The third-order valence-corrected chi connectivity index (χ3v) is 3.78. The van der Waals surface area contributed by atoms with E-state index in [2.05, 4.69) is 5.10 Å². The molecule has 5 heteroatoms. The lowest BCUT2D eigenvalue weighted by atomic mass is 10.2. The van der Waals surface area contributed by atoms with E-state index in [0.29, 0.717) is 17.1 Å². The number of para-hydroxylation sites is 1. The molecule has 23 heavy (non-hydrogen) atoms. The Labute approximate surface area is 139 Å². The zero-order chi connectivity index (χ0) is 16.2. The number of halogens is 1. The van der Waals surface area contributed by atoms with Gasteiger partial charge in [-0.25, -0.2) is 4.68 Å². The van der Waals surface area contributed by atoms with Gasteiger partial charge in [0.05, 0.1) is 17.4 Å². The van der Waals surface area contributed by atoms with Crippen molar-refractivity contribution in [2.75, 3.05) is 7.05 Å². The van der Waals surface area contributed by atoms with Crippen molar-refractivity contribution in [1.82, 2.24) is 14.7 Å². The van der Waals surface area contributed by atoms with E-state index in [1.807, 2.05) is 54.6 Å². The lowest BCUT2D eigenvalue weighted by Gasteiger charge is -2.16. The minimum atomic E-state index is -0.0675. The first-order chi connectivity index (χ1) is 11.1. The number of hydrogen-bond donors (Lipinski definition) is 0. The summed E-state index contributed by atoms with van der Waals surface area (Å²) in [6.45, 7) is 0.520. The lowest BCUT2D eigenvalue weighted by Crippen LogP contribution is -2.25. The molecule has 0 fully saturated rings. The van der Waals surface area contributed by atoms with Gasteiger partial charge < -0.3 is 4.90 Å². The van der Waals surface area contributed by atoms with Gasteiger partial charge >= 0.3 is 0 Å². The maximum atomic E-state index is 12.5. The Morgan fingerprint density at radius 3 is 2.52 bits per heavy atom. The summed E-state index contributed by atoms with van der Waals surface area (Å²) in [7, 11) is 1.77. The van der Waals surface area contributed by atoms with Crippen LogP contribution in [0.4, 0.5) is 0 Å². The molecule has 0 spiro atoms. The van der Waals surface area contributed by atoms with Gasteiger partial charge in [0.2, 0.25) is 0 Å². The summed E-state index contributed by atoms with van der Waals surface area (Å²) in [6, 6.07) is 17.2. The Morgan fingerprint density at radius 2 is 1.83 bits per heavy atom. The summed E-state index contributed by atoms with van der Waals surface area (Å²) in [5, 5.41) is 4.95. The number of aromatic nitrogens is 2. The van der Waals surface area contributed by atoms with E-state index in [1.54, 1.807) is 29.0 Å². The van der Waals surface area contributed by atoms with Crippen molar-refractivity contribution < 1.29 is 4.79 Å². The SMILES string of the molecule is CN(Cc1ccc(Cl)cc1)C(=O)c1cnn(-c2ccccc2)c1. The highest BCUT2D eigenvalue weighted by Gasteiger charge is 2.14. The lowest BCUT2D eigenvalue weighted by molar-refractivity contribution is 0.0785. The maximum absolute atomic E-state index is 12.5. The molecular weight excluding hydrogens is 310 g/mol. The summed E-state index contributed by atoms with van der Waals surface area (Å²) in [5.74, 6) is -0.0675. The molecule has 2 aromatic carbocycles. The molecule has 3 rings (SSSR count). The van der Waals surface area contributed by atoms with Gasteiger partial charge in [0, 0.05) is 24.8 Å². The highest BCUT2D eigenvalue weighted by Crippen LogP contribution is 2.13. The molecule has 0 radical (unpaired) electrons. The van der Waals surface area contributed by atoms with Crippen LogP contribution in [-0.2, 0) is 6.54 Å². The first kappa shape index (κ1) is 15.3. The Kier molecular flexibility index (Phi) is 4.44. The number of rotatable bonds is 4. The molecule has 4 nitrogen and oxygen atoms in total. The average Bonchev–Trinajstić information content (AvgIpc) is 3.07. The first-order valence-corrected chi connectivity index (χ1v) is 7.61. The molecule has 0 saturated heterocycles. The van der Waals surface area contributed by atoms with Crippen LogP contribution in [0.2, 0.25) is 5.02 Å². The van der Waals surface area contributed by atoms with Crippen LogP contribution in [0.1, 0.15) is 15.9 Å². The number of hydrogen-bond acceptors (Lipinski definition) is 2. The van der Waals surface area contributed by atoms with Gasteiger partial charge in [-0.1, -0.05) is 41.9 Å². The molecule has 0 aliphatic heterocycles. The minimum absolute atomic E-state index is 0.0675. The number of carbonyl (C=O) groups is 1. The van der Waals surface area contributed by atoms with Crippen LogP contribution >= 0.6 is 11.6 Å². The number of amides is 1. The van der Waals surface area contributed by atoms with Gasteiger partial charge in [-0.05, 0) is 29.8 Å². The monoisotopic (exact) mass is 325 g/mol. The van der Waals surface area contributed by atoms with Crippen LogP contribution < -0.4 is 0 Å². The zero-order valence-corrected chi connectivity index (χ0v) is 13.4. The van der Waals surface area contributed by atoms with Crippen LogP contribution in [0.15, 0.2) is 67.0 Å². The van der Waals surface area contributed by atoms with Crippen molar-refractivity contribution >= 4 is 17.5 Å². The van der Waals surface area contributed by atoms with E-state index in [4.69, 9.17) is 11.6 Å². The fraction of sp³-hybridized carbons (Fsp3) is 0.111. The van der Waals surface area contributed by atoms with E-state index in [-0.39, 0.29) is 5.91 Å². The predicted octanol–water partition coefficient (Wildman–Crippen LogP) is 3.80. The first-order valence-electron chi connectivity index (χ1n) is 7.23. The molecule has 0 atom stereocenters. The smallest absolute Gasteiger partial charge is 0.257 e. The third kappa shape index (κ3) is 3.60. The van der Waals surface area contributed by atoms with E-state index in [0.717, 1.165) is 11.3 Å². The van der Waals surface area contributed by atoms with Crippen LogP contribution in [0, 0.1) is 0 Å². The molecule has 0 aliphatic rings. The van der Waals surface area contributed by atoms with E-state index < -0.39 is 0 Å². The fourth-order valence-corrected chi connectivity index (χ4v) is 2.44. The van der Waals surface area contributed by atoms with Crippen molar-refractivity contribution in [3.8, 4) is 5.69 Å².